The lowest BCUT2D eigenvalue weighted by Gasteiger charge is -2.11. The molecule has 16 heavy (non-hydrogen) atoms. The van der Waals surface area contributed by atoms with E-state index in [4.69, 9.17) is 9.84 Å². The van der Waals surface area contributed by atoms with E-state index in [9.17, 15) is 0 Å². The summed E-state index contributed by atoms with van der Waals surface area (Å²) in [5, 5.41) is 8.61. The normalized spacial score (nSPS) is 12.9. The van der Waals surface area contributed by atoms with Gasteiger partial charge in [-0.05, 0) is 25.2 Å². The van der Waals surface area contributed by atoms with E-state index in [1.54, 1.807) is 0 Å². The van der Waals surface area contributed by atoms with Gasteiger partial charge in [-0.3, -0.25) is 0 Å². The second-order valence-corrected chi connectivity index (χ2v) is 4.81. The van der Waals surface area contributed by atoms with Crippen LogP contribution in [0, 0.1) is 5.92 Å². The number of hydrogen-bond acceptors (Lipinski definition) is 2. The van der Waals surface area contributed by atoms with Crippen LogP contribution in [0.2, 0.25) is 0 Å². The number of hydrogen-bond donors (Lipinski definition) is 1. The van der Waals surface area contributed by atoms with Crippen LogP contribution >= 0.6 is 0 Å². The Balaban J connectivity index is 3.02. The van der Waals surface area contributed by atoms with E-state index in [0.717, 1.165) is 26.1 Å². The van der Waals surface area contributed by atoms with Crippen molar-refractivity contribution in [3.8, 4) is 0 Å². The zero-order valence-corrected chi connectivity index (χ0v) is 11.2. The van der Waals surface area contributed by atoms with Crippen molar-refractivity contribution in [1.82, 2.24) is 0 Å². The molecule has 0 aliphatic heterocycles. The highest BCUT2D eigenvalue weighted by Crippen LogP contribution is 2.08. The summed E-state index contributed by atoms with van der Waals surface area (Å²) >= 11 is 0. The van der Waals surface area contributed by atoms with E-state index < -0.39 is 0 Å². The molecule has 0 saturated carbocycles. The molecule has 0 rings (SSSR count). The molecule has 0 aromatic carbocycles. The highest BCUT2D eigenvalue weighted by molar-refractivity contribution is 4.51. The first-order valence-electron chi connectivity index (χ1n) is 6.99. The Morgan fingerprint density at radius 2 is 1.69 bits per heavy atom. The highest BCUT2D eigenvalue weighted by atomic mass is 16.5. The monoisotopic (exact) mass is 230 g/mol. The van der Waals surface area contributed by atoms with Crippen molar-refractivity contribution >= 4 is 0 Å². The number of ether oxygens (including phenoxy) is 1. The van der Waals surface area contributed by atoms with E-state index in [1.807, 2.05) is 0 Å². The largest absolute Gasteiger partial charge is 0.396 e. The zero-order valence-electron chi connectivity index (χ0n) is 11.2. The van der Waals surface area contributed by atoms with Gasteiger partial charge in [-0.25, -0.2) is 0 Å². The van der Waals surface area contributed by atoms with Gasteiger partial charge in [-0.1, -0.05) is 46.0 Å². The van der Waals surface area contributed by atoms with E-state index in [1.165, 1.54) is 38.5 Å². The lowest BCUT2D eigenvalue weighted by atomic mass is 10.1. The molecule has 0 aromatic heterocycles. The van der Waals surface area contributed by atoms with Gasteiger partial charge in [-0.2, -0.15) is 0 Å². The second kappa shape index (κ2) is 13.0. The smallest absolute Gasteiger partial charge is 0.0491 e. The summed E-state index contributed by atoms with van der Waals surface area (Å²) in [6.07, 6.45) is 9.66. The van der Waals surface area contributed by atoms with Crippen molar-refractivity contribution in [1.29, 1.82) is 0 Å². The minimum absolute atomic E-state index is 0.339. The Morgan fingerprint density at radius 3 is 2.38 bits per heavy atom. The van der Waals surface area contributed by atoms with Gasteiger partial charge < -0.3 is 9.84 Å². The fourth-order valence-corrected chi connectivity index (χ4v) is 1.77. The molecule has 0 aromatic rings. The Labute approximate surface area is 101 Å². The van der Waals surface area contributed by atoms with Crippen molar-refractivity contribution in [3.05, 3.63) is 0 Å². The first-order chi connectivity index (χ1) is 7.81. The first kappa shape index (κ1) is 15.9. The van der Waals surface area contributed by atoms with Gasteiger partial charge in [0, 0.05) is 19.8 Å². The number of aliphatic hydroxyl groups excluding tert-OH is 1. The van der Waals surface area contributed by atoms with Crippen molar-refractivity contribution in [2.75, 3.05) is 19.8 Å². The number of aliphatic hydroxyl groups is 1. The average molecular weight is 230 g/mol. The summed E-state index contributed by atoms with van der Waals surface area (Å²) in [5.74, 6) is 0.717. The zero-order chi connectivity index (χ0) is 12.1. The standard InChI is InChI=1S/C14H30O2/c1-3-4-10-14(2)13-16-12-9-7-5-6-8-11-15/h14-15H,3-13H2,1-2H3. The van der Waals surface area contributed by atoms with Gasteiger partial charge in [0.25, 0.3) is 0 Å². The first-order valence-corrected chi connectivity index (χ1v) is 6.99. The van der Waals surface area contributed by atoms with Crippen LogP contribution in [0.5, 0.6) is 0 Å². The van der Waals surface area contributed by atoms with Crippen LogP contribution < -0.4 is 0 Å². The molecule has 0 fully saturated rings. The number of rotatable bonds is 12. The Bertz CT molecular complexity index is 126. The average Bonchev–Trinajstić information content (AvgIpc) is 2.30. The van der Waals surface area contributed by atoms with Crippen LogP contribution in [0.1, 0.15) is 65.2 Å². The molecule has 2 nitrogen and oxygen atoms in total. The number of unbranched alkanes of at least 4 members (excludes halogenated alkanes) is 5. The topological polar surface area (TPSA) is 29.5 Å². The maximum absolute atomic E-state index is 8.61. The van der Waals surface area contributed by atoms with Gasteiger partial charge in [-0.15, -0.1) is 0 Å². The summed E-state index contributed by atoms with van der Waals surface area (Å²) in [4.78, 5) is 0. The summed E-state index contributed by atoms with van der Waals surface area (Å²) < 4.78 is 5.65. The fourth-order valence-electron chi connectivity index (χ4n) is 1.77. The molecular weight excluding hydrogens is 200 g/mol. The third kappa shape index (κ3) is 12.0. The predicted octanol–water partition coefficient (Wildman–Crippen LogP) is 3.77. The van der Waals surface area contributed by atoms with Gasteiger partial charge in [0.2, 0.25) is 0 Å². The molecule has 0 aliphatic carbocycles. The molecule has 0 amide bonds. The summed E-state index contributed by atoms with van der Waals surface area (Å²) in [5.41, 5.74) is 0. The van der Waals surface area contributed by atoms with Crippen LogP contribution in [0.3, 0.4) is 0 Å². The maximum atomic E-state index is 8.61. The second-order valence-electron chi connectivity index (χ2n) is 4.81. The van der Waals surface area contributed by atoms with Crippen LogP contribution in [0.4, 0.5) is 0 Å². The minimum atomic E-state index is 0.339. The van der Waals surface area contributed by atoms with Crippen LogP contribution in [0.25, 0.3) is 0 Å². The molecule has 0 heterocycles. The molecule has 2 heteroatoms. The van der Waals surface area contributed by atoms with E-state index >= 15 is 0 Å². The van der Waals surface area contributed by atoms with Crippen molar-refractivity contribution in [3.63, 3.8) is 0 Å². The SMILES string of the molecule is CCCCC(C)COCCCCCCCO. The minimum Gasteiger partial charge on any atom is -0.396 e. The fraction of sp³-hybridized carbons (Fsp3) is 1.00. The molecule has 1 atom stereocenters. The van der Waals surface area contributed by atoms with Gasteiger partial charge >= 0.3 is 0 Å². The molecule has 0 saturated heterocycles. The summed E-state index contributed by atoms with van der Waals surface area (Å²) in [6, 6.07) is 0. The molecule has 1 N–H and O–H groups in total. The van der Waals surface area contributed by atoms with E-state index in [2.05, 4.69) is 13.8 Å². The Hall–Kier alpha value is -0.0800. The Morgan fingerprint density at radius 1 is 1.00 bits per heavy atom. The van der Waals surface area contributed by atoms with Crippen LogP contribution in [0.15, 0.2) is 0 Å². The lowest BCUT2D eigenvalue weighted by Crippen LogP contribution is -2.06. The summed E-state index contributed by atoms with van der Waals surface area (Å²) in [6.45, 7) is 6.69. The quantitative estimate of drug-likeness (QED) is 0.517. The van der Waals surface area contributed by atoms with Gasteiger partial charge in [0.15, 0.2) is 0 Å². The lowest BCUT2D eigenvalue weighted by molar-refractivity contribution is 0.0977. The Kier molecular flexibility index (Phi) is 12.9. The van der Waals surface area contributed by atoms with E-state index in [0.29, 0.717) is 12.5 Å². The maximum Gasteiger partial charge on any atom is 0.0491 e. The van der Waals surface area contributed by atoms with Crippen molar-refractivity contribution in [2.45, 2.75) is 65.2 Å². The van der Waals surface area contributed by atoms with Crippen molar-refractivity contribution in [2.24, 2.45) is 5.92 Å². The third-order valence-corrected chi connectivity index (χ3v) is 2.90. The third-order valence-electron chi connectivity index (χ3n) is 2.90. The molecule has 0 radical (unpaired) electrons. The molecule has 0 spiro atoms. The summed E-state index contributed by atoms with van der Waals surface area (Å²) in [7, 11) is 0. The van der Waals surface area contributed by atoms with Crippen molar-refractivity contribution < 1.29 is 9.84 Å². The molecule has 0 aliphatic rings. The van der Waals surface area contributed by atoms with Gasteiger partial charge in [0.05, 0.1) is 0 Å². The van der Waals surface area contributed by atoms with Crippen LogP contribution in [-0.4, -0.2) is 24.9 Å². The van der Waals surface area contributed by atoms with Gasteiger partial charge in [0.1, 0.15) is 0 Å². The van der Waals surface area contributed by atoms with E-state index in [-0.39, 0.29) is 0 Å². The molecular formula is C14H30O2. The molecule has 0 bridgehead atoms. The predicted molar refractivity (Wildman–Crippen MR) is 69.7 cm³/mol. The molecule has 1 unspecified atom stereocenters. The highest BCUT2D eigenvalue weighted by Gasteiger charge is 2.00. The molecule has 98 valence electrons. The van der Waals surface area contributed by atoms with Crippen LogP contribution in [-0.2, 0) is 4.74 Å².